The smallest absolute Gasteiger partial charge is 0.261 e. The standard InChI is InChI=1S/C13H13BrN2O4S2/c1-15-21(17,18)12-6-3-7-13(9-12)22(19,20)16-11-5-2-4-10(14)8-11/h2-9,15-16H,1H3. The van der Waals surface area contributed by atoms with Crippen molar-refractivity contribution in [1.82, 2.24) is 4.72 Å². The molecule has 0 bridgehead atoms. The van der Waals surface area contributed by atoms with Crippen molar-refractivity contribution in [2.24, 2.45) is 0 Å². The van der Waals surface area contributed by atoms with Crippen molar-refractivity contribution in [3.8, 4) is 0 Å². The molecular weight excluding hydrogens is 392 g/mol. The molecule has 0 amide bonds. The first-order valence-electron chi connectivity index (χ1n) is 6.06. The van der Waals surface area contributed by atoms with Crippen molar-refractivity contribution in [2.75, 3.05) is 11.8 Å². The van der Waals surface area contributed by atoms with E-state index in [2.05, 4.69) is 25.4 Å². The molecule has 0 heterocycles. The molecule has 0 aromatic heterocycles. The van der Waals surface area contributed by atoms with E-state index in [1.165, 1.54) is 25.2 Å². The Morgan fingerprint density at radius 3 is 2.05 bits per heavy atom. The van der Waals surface area contributed by atoms with Gasteiger partial charge >= 0.3 is 0 Å². The van der Waals surface area contributed by atoms with Gasteiger partial charge in [0.25, 0.3) is 10.0 Å². The predicted molar refractivity (Wildman–Crippen MR) is 87.6 cm³/mol. The average Bonchev–Trinajstić information content (AvgIpc) is 2.47. The molecule has 0 atom stereocenters. The number of anilines is 1. The summed E-state index contributed by atoms with van der Waals surface area (Å²) in [5.41, 5.74) is 0.372. The number of sulfonamides is 2. The first-order chi connectivity index (χ1) is 10.2. The van der Waals surface area contributed by atoms with E-state index in [1.54, 1.807) is 24.3 Å². The summed E-state index contributed by atoms with van der Waals surface area (Å²) in [5.74, 6) is 0. The van der Waals surface area contributed by atoms with Crippen LogP contribution in [0.1, 0.15) is 0 Å². The molecule has 0 radical (unpaired) electrons. The third-order valence-electron chi connectivity index (χ3n) is 2.77. The fraction of sp³-hybridized carbons (Fsp3) is 0.0769. The van der Waals surface area contributed by atoms with Crippen LogP contribution in [0.3, 0.4) is 0 Å². The van der Waals surface area contributed by atoms with Crippen molar-refractivity contribution >= 4 is 41.7 Å². The van der Waals surface area contributed by atoms with Crippen molar-refractivity contribution in [1.29, 1.82) is 0 Å². The van der Waals surface area contributed by atoms with Crippen LogP contribution in [0.25, 0.3) is 0 Å². The number of halogens is 1. The number of benzene rings is 2. The van der Waals surface area contributed by atoms with Gasteiger partial charge in [0, 0.05) is 10.2 Å². The van der Waals surface area contributed by atoms with Gasteiger partial charge in [0.05, 0.1) is 9.79 Å². The highest BCUT2D eigenvalue weighted by molar-refractivity contribution is 9.10. The zero-order valence-electron chi connectivity index (χ0n) is 11.4. The van der Waals surface area contributed by atoms with Crippen LogP contribution in [0.4, 0.5) is 5.69 Å². The number of hydrogen-bond donors (Lipinski definition) is 2. The highest BCUT2D eigenvalue weighted by Crippen LogP contribution is 2.21. The van der Waals surface area contributed by atoms with E-state index < -0.39 is 20.0 Å². The van der Waals surface area contributed by atoms with E-state index >= 15 is 0 Å². The van der Waals surface area contributed by atoms with E-state index in [9.17, 15) is 16.8 Å². The maximum atomic E-state index is 12.3. The summed E-state index contributed by atoms with van der Waals surface area (Å²) in [7, 11) is -6.33. The normalized spacial score (nSPS) is 12.1. The van der Waals surface area contributed by atoms with Gasteiger partial charge < -0.3 is 0 Å². The molecular formula is C13H13BrN2O4S2. The van der Waals surface area contributed by atoms with Gasteiger partial charge in [-0.05, 0) is 43.4 Å². The van der Waals surface area contributed by atoms with Gasteiger partial charge in [-0.25, -0.2) is 21.6 Å². The van der Waals surface area contributed by atoms with Gasteiger partial charge in [0.15, 0.2) is 0 Å². The molecule has 0 saturated carbocycles. The lowest BCUT2D eigenvalue weighted by atomic mass is 10.3. The lowest BCUT2D eigenvalue weighted by Gasteiger charge is -2.10. The summed E-state index contributed by atoms with van der Waals surface area (Å²) in [4.78, 5) is -0.254. The van der Waals surface area contributed by atoms with Crippen LogP contribution in [0.5, 0.6) is 0 Å². The van der Waals surface area contributed by atoms with E-state index in [0.29, 0.717) is 5.69 Å². The Morgan fingerprint density at radius 1 is 0.864 bits per heavy atom. The van der Waals surface area contributed by atoms with Crippen molar-refractivity contribution in [3.63, 3.8) is 0 Å². The summed E-state index contributed by atoms with van der Waals surface area (Å²) in [5, 5.41) is 0. The van der Waals surface area contributed by atoms with E-state index in [1.807, 2.05) is 0 Å². The third kappa shape index (κ3) is 3.86. The first-order valence-corrected chi connectivity index (χ1v) is 9.82. The lowest BCUT2D eigenvalue weighted by Crippen LogP contribution is -2.19. The molecule has 6 nitrogen and oxygen atoms in total. The van der Waals surface area contributed by atoms with Crippen LogP contribution in [0, 0.1) is 0 Å². The summed E-state index contributed by atoms with van der Waals surface area (Å²) >= 11 is 3.25. The van der Waals surface area contributed by atoms with Crippen LogP contribution in [0.2, 0.25) is 0 Å². The van der Waals surface area contributed by atoms with Gasteiger partial charge in [-0.2, -0.15) is 0 Å². The Bertz CT molecular complexity index is 896. The van der Waals surface area contributed by atoms with E-state index in [0.717, 1.165) is 10.5 Å². The monoisotopic (exact) mass is 404 g/mol. The summed E-state index contributed by atoms with van der Waals surface area (Å²) in [6, 6.07) is 11.8. The van der Waals surface area contributed by atoms with Crippen LogP contribution >= 0.6 is 15.9 Å². The Kier molecular flexibility index (Phi) is 4.90. The van der Waals surface area contributed by atoms with Gasteiger partial charge in [-0.1, -0.05) is 28.1 Å². The van der Waals surface area contributed by atoms with Crippen LogP contribution in [0.15, 0.2) is 62.8 Å². The van der Waals surface area contributed by atoms with Crippen LogP contribution < -0.4 is 9.44 Å². The van der Waals surface area contributed by atoms with Crippen LogP contribution in [-0.4, -0.2) is 23.9 Å². The van der Waals surface area contributed by atoms with Crippen molar-refractivity contribution in [2.45, 2.75) is 9.79 Å². The number of hydrogen-bond acceptors (Lipinski definition) is 4. The molecule has 118 valence electrons. The molecule has 0 aliphatic heterocycles. The topological polar surface area (TPSA) is 92.3 Å². The molecule has 0 aliphatic rings. The molecule has 9 heteroatoms. The fourth-order valence-corrected chi connectivity index (χ4v) is 4.04. The second-order valence-electron chi connectivity index (χ2n) is 4.30. The minimum Gasteiger partial charge on any atom is -0.280 e. The van der Waals surface area contributed by atoms with Gasteiger partial charge in [-0.3, -0.25) is 4.72 Å². The second kappa shape index (κ2) is 6.37. The molecule has 0 saturated heterocycles. The van der Waals surface area contributed by atoms with Crippen molar-refractivity contribution in [3.05, 3.63) is 53.0 Å². The SMILES string of the molecule is CNS(=O)(=O)c1cccc(S(=O)(=O)Nc2cccc(Br)c2)c1. The van der Waals surface area contributed by atoms with Crippen LogP contribution in [-0.2, 0) is 20.0 Å². The first kappa shape index (κ1) is 16.9. The fourth-order valence-electron chi connectivity index (χ4n) is 1.69. The zero-order chi connectivity index (χ0) is 16.4. The molecule has 2 rings (SSSR count). The molecule has 22 heavy (non-hydrogen) atoms. The quantitative estimate of drug-likeness (QED) is 0.798. The number of rotatable bonds is 5. The molecule has 0 spiro atoms. The number of nitrogens with one attached hydrogen (secondary N) is 2. The van der Waals surface area contributed by atoms with E-state index in [4.69, 9.17) is 0 Å². The van der Waals surface area contributed by atoms with Gasteiger partial charge in [-0.15, -0.1) is 0 Å². The molecule has 2 aromatic carbocycles. The Morgan fingerprint density at radius 2 is 1.45 bits per heavy atom. The second-order valence-corrected chi connectivity index (χ2v) is 8.78. The maximum Gasteiger partial charge on any atom is 0.261 e. The lowest BCUT2D eigenvalue weighted by molar-refractivity contribution is 0.588. The zero-order valence-corrected chi connectivity index (χ0v) is 14.7. The summed E-state index contributed by atoms with van der Waals surface area (Å²) in [6.45, 7) is 0. The summed E-state index contributed by atoms with van der Waals surface area (Å²) in [6.07, 6.45) is 0. The Hall–Kier alpha value is -1.42. The minimum atomic E-state index is -3.88. The Labute approximate surface area is 137 Å². The van der Waals surface area contributed by atoms with Gasteiger partial charge in [0.1, 0.15) is 0 Å². The largest absolute Gasteiger partial charge is 0.280 e. The van der Waals surface area contributed by atoms with Gasteiger partial charge in [0.2, 0.25) is 10.0 Å². The minimum absolute atomic E-state index is 0.118. The molecule has 0 unspecified atom stereocenters. The van der Waals surface area contributed by atoms with Crippen molar-refractivity contribution < 1.29 is 16.8 Å². The maximum absolute atomic E-state index is 12.3. The molecule has 2 N–H and O–H groups in total. The average molecular weight is 405 g/mol. The predicted octanol–water partition coefficient (Wildman–Crippen LogP) is 2.16. The van der Waals surface area contributed by atoms with E-state index in [-0.39, 0.29) is 9.79 Å². The molecule has 0 aliphatic carbocycles. The Balaban J connectivity index is 2.40. The highest BCUT2D eigenvalue weighted by Gasteiger charge is 2.18. The highest BCUT2D eigenvalue weighted by atomic mass is 79.9. The third-order valence-corrected chi connectivity index (χ3v) is 6.06. The summed E-state index contributed by atoms with van der Waals surface area (Å²) < 4.78 is 53.4. The molecule has 2 aromatic rings. The molecule has 0 fully saturated rings.